The lowest BCUT2D eigenvalue weighted by Crippen LogP contribution is -2.33. The van der Waals surface area contributed by atoms with Gasteiger partial charge in [0.2, 0.25) is 0 Å². The Hall–Kier alpha value is -1.97. The normalized spacial score (nSPS) is 20.7. The summed E-state index contributed by atoms with van der Waals surface area (Å²) in [5, 5.41) is 6.63. The molecule has 3 rings (SSSR count). The minimum absolute atomic E-state index is 0.0491. The van der Waals surface area contributed by atoms with Gasteiger partial charge in [-0.1, -0.05) is 45.9 Å². The molecule has 1 aromatic rings. The Morgan fingerprint density at radius 1 is 1.39 bits per heavy atom. The molecule has 0 fully saturated rings. The Bertz CT molecular complexity index is 655. The van der Waals surface area contributed by atoms with Crippen molar-refractivity contribution in [3.05, 3.63) is 41.1 Å². The second kappa shape index (κ2) is 5.91. The highest BCUT2D eigenvalue weighted by molar-refractivity contribution is 5.81. The smallest absolute Gasteiger partial charge is 0.191 e. The van der Waals surface area contributed by atoms with Gasteiger partial charge < -0.3 is 15.5 Å². The zero-order valence-corrected chi connectivity index (χ0v) is 14.9. The zero-order valence-electron chi connectivity index (χ0n) is 14.9. The molecule has 0 radical (unpaired) electrons. The average Bonchev–Trinajstić information content (AvgIpc) is 3.07. The first-order valence-electron chi connectivity index (χ1n) is 8.51. The van der Waals surface area contributed by atoms with Crippen LogP contribution in [-0.4, -0.2) is 26.1 Å². The molecular formula is C19H28N4. The Balaban J connectivity index is 1.86. The molecule has 4 nitrogen and oxygen atoms in total. The SMILES string of the molecule is CC(C)C=C1N(C)c2ccc(CNC3=NCCN3)cc2C1(C)C. The molecule has 1 aromatic carbocycles. The summed E-state index contributed by atoms with van der Waals surface area (Å²) in [6, 6.07) is 6.81. The molecule has 2 aliphatic heterocycles. The van der Waals surface area contributed by atoms with Crippen LogP contribution in [0.25, 0.3) is 0 Å². The number of nitrogens with zero attached hydrogens (tertiary/aromatic N) is 2. The fraction of sp³-hybridized carbons (Fsp3) is 0.526. The van der Waals surface area contributed by atoms with Crippen molar-refractivity contribution in [1.29, 1.82) is 0 Å². The standard InChI is InChI=1S/C19H28N4/c1-13(2)10-17-19(3,4)15-11-14(6-7-16(15)23(17)5)12-22-18-20-8-9-21-18/h6-7,10-11,13H,8-9,12H2,1-5H3,(H2,20,21,22). The fourth-order valence-electron chi connectivity index (χ4n) is 3.51. The molecule has 4 heteroatoms. The number of fused-ring (bicyclic) bond motifs is 1. The largest absolute Gasteiger partial charge is 0.355 e. The van der Waals surface area contributed by atoms with E-state index in [2.05, 4.69) is 79.5 Å². The van der Waals surface area contributed by atoms with Crippen molar-refractivity contribution in [1.82, 2.24) is 10.6 Å². The van der Waals surface area contributed by atoms with Crippen molar-refractivity contribution < 1.29 is 0 Å². The van der Waals surface area contributed by atoms with Crippen molar-refractivity contribution in [2.45, 2.75) is 39.7 Å². The second-order valence-corrected chi connectivity index (χ2v) is 7.34. The van der Waals surface area contributed by atoms with E-state index in [4.69, 9.17) is 0 Å². The maximum Gasteiger partial charge on any atom is 0.191 e. The number of benzene rings is 1. The van der Waals surface area contributed by atoms with Gasteiger partial charge in [0.1, 0.15) is 0 Å². The van der Waals surface area contributed by atoms with Gasteiger partial charge in [-0.3, -0.25) is 4.99 Å². The van der Waals surface area contributed by atoms with Crippen molar-refractivity contribution in [3.8, 4) is 0 Å². The van der Waals surface area contributed by atoms with Gasteiger partial charge in [-0.2, -0.15) is 0 Å². The molecule has 0 atom stereocenters. The highest BCUT2D eigenvalue weighted by Crippen LogP contribution is 2.47. The predicted molar refractivity (Wildman–Crippen MR) is 97.9 cm³/mol. The Kier molecular flexibility index (Phi) is 4.09. The van der Waals surface area contributed by atoms with Crippen LogP contribution in [0, 0.1) is 5.92 Å². The molecule has 0 unspecified atom stereocenters. The number of aliphatic imine (C=N–C) groups is 1. The molecule has 2 N–H and O–H groups in total. The number of nitrogens with one attached hydrogen (secondary N) is 2. The summed E-state index contributed by atoms with van der Waals surface area (Å²) >= 11 is 0. The van der Waals surface area contributed by atoms with E-state index in [0.29, 0.717) is 5.92 Å². The number of allylic oxidation sites excluding steroid dienone is 2. The van der Waals surface area contributed by atoms with E-state index in [1.807, 2.05) is 0 Å². The number of hydrogen-bond donors (Lipinski definition) is 2. The third kappa shape index (κ3) is 2.94. The third-order valence-corrected chi connectivity index (χ3v) is 4.72. The van der Waals surface area contributed by atoms with Crippen molar-refractivity contribution >= 4 is 11.6 Å². The lowest BCUT2D eigenvalue weighted by Gasteiger charge is -2.25. The molecule has 0 saturated carbocycles. The van der Waals surface area contributed by atoms with Crippen LogP contribution in [0.15, 0.2) is 35.0 Å². The highest BCUT2D eigenvalue weighted by atomic mass is 15.2. The van der Waals surface area contributed by atoms with Gasteiger partial charge in [-0.25, -0.2) is 0 Å². The summed E-state index contributed by atoms with van der Waals surface area (Å²) in [5.74, 6) is 1.47. The molecule has 0 saturated heterocycles. The van der Waals surface area contributed by atoms with Gasteiger partial charge in [-0.15, -0.1) is 0 Å². The first kappa shape index (κ1) is 15.9. The molecule has 23 heavy (non-hydrogen) atoms. The highest BCUT2D eigenvalue weighted by Gasteiger charge is 2.38. The molecular weight excluding hydrogens is 284 g/mol. The Morgan fingerprint density at radius 2 is 2.17 bits per heavy atom. The van der Waals surface area contributed by atoms with Gasteiger partial charge in [0.15, 0.2) is 5.96 Å². The van der Waals surface area contributed by atoms with Crippen LogP contribution in [0.3, 0.4) is 0 Å². The lowest BCUT2D eigenvalue weighted by molar-refractivity contribution is 0.625. The molecule has 0 spiro atoms. The third-order valence-electron chi connectivity index (χ3n) is 4.72. The predicted octanol–water partition coefficient (Wildman–Crippen LogP) is 3.00. The molecule has 0 aliphatic carbocycles. The van der Waals surface area contributed by atoms with Gasteiger partial charge in [0.05, 0.1) is 6.54 Å². The van der Waals surface area contributed by atoms with Crippen molar-refractivity contribution in [3.63, 3.8) is 0 Å². The van der Waals surface area contributed by atoms with E-state index in [-0.39, 0.29) is 5.41 Å². The van der Waals surface area contributed by atoms with Crippen molar-refractivity contribution in [2.75, 3.05) is 25.0 Å². The summed E-state index contributed by atoms with van der Waals surface area (Å²) < 4.78 is 0. The summed E-state index contributed by atoms with van der Waals surface area (Å²) in [6.45, 7) is 11.7. The molecule has 2 aliphatic rings. The molecule has 0 aromatic heterocycles. The van der Waals surface area contributed by atoms with Crippen LogP contribution in [-0.2, 0) is 12.0 Å². The van der Waals surface area contributed by atoms with Crippen LogP contribution >= 0.6 is 0 Å². The van der Waals surface area contributed by atoms with E-state index in [1.54, 1.807) is 0 Å². The fourth-order valence-corrected chi connectivity index (χ4v) is 3.51. The number of likely N-dealkylation sites (N-methyl/N-ethyl adjacent to an activating group) is 1. The topological polar surface area (TPSA) is 39.7 Å². The van der Waals surface area contributed by atoms with Crippen molar-refractivity contribution in [2.24, 2.45) is 10.9 Å². The van der Waals surface area contributed by atoms with E-state index in [9.17, 15) is 0 Å². The molecule has 0 amide bonds. The van der Waals surface area contributed by atoms with Gasteiger partial charge in [0, 0.05) is 36.9 Å². The summed E-state index contributed by atoms with van der Waals surface area (Å²) in [5.41, 5.74) is 5.48. The number of hydrogen-bond acceptors (Lipinski definition) is 4. The summed E-state index contributed by atoms with van der Waals surface area (Å²) in [6.07, 6.45) is 2.38. The minimum atomic E-state index is 0.0491. The summed E-state index contributed by atoms with van der Waals surface area (Å²) in [7, 11) is 2.18. The van der Waals surface area contributed by atoms with E-state index in [1.165, 1.54) is 22.5 Å². The maximum atomic E-state index is 4.39. The Morgan fingerprint density at radius 3 is 2.83 bits per heavy atom. The van der Waals surface area contributed by atoms with E-state index >= 15 is 0 Å². The zero-order chi connectivity index (χ0) is 16.6. The molecule has 0 bridgehead atoms. The second-order valence-electron chi connectivity index (χ2n) is 7.34. The van der Waals surface area contributed by atoms with Gasteiger partial charge in [0.25, 0.3) is 0 Å². The lowest BCUT2D eigenvalue weighted by atomic mass is 9.82. The first-order chi connectivity index (χ1) is 10.9. The van der Waals surface area contributed by atoms with Gasteiger partial charge in [-0.05, 0) is 23.1 Å². The van der Waals surface area contributed by atoms with Crippen LogP contribution in [0.5, 0.6) is 0 Å². The average molecular weight is 312 g/mol. The van der Waals surface area contributed by atoms with Crippen LogP contribution in [0.1, 0.15) is 38.8 Å². The summed E-state index contributed by atoms with van der Waals surface area (Å²) in [4.78, 5) is 6.73. The number of rotatable bonds is 3. The minimum Gasteiger partial charge on any atom is -0.355 e. The van der Waals surface area contributed by atoms with Crippen LogP contribution in [0.2, 0.25) is 0 Å². The van der Waals surface area contributed by atoms with Crippen LogP contribution < -0.4 is 15.5 Å². The number of guanidine groups is 1. The molecule has 124 valence electrons. The van der Waals surface area contributed by atoms with Gasteiger partial charge >= 0.3 is 0 Å². The molecule has 2 heterocycles. The van der Waals surface area contributed by atoms with Crippen LogP contribution in [0.4, 0.5) is 5.69 Å². The quantitative estimate of drug-likeness (QED) is 0.901. The number of anilines is 1. The van der Waals surface area contributed by atoms with E-state index in [0.717, 1.165) is 25.6 Å². The first-order valence-corrected chi connectivity index (χ1v) is 8.51. The maximum absolute atomic E-state index is 4.39. The Labute approximate surface area is 139 Å². The monoisotopic (exact) mass is 312 g/mol. The van der Waals surface area contributed by atoms with E-state index < -0.39 is 0 Å².